The van der Waals surface area contributed by atoms with E-state index in [2.05, 4.69) is 35.1 Å². The molecule has 1 atom stereocenters. The lowest BCUT2D eigenvalue weighted by Crippen LogP contribution is -2.36. The molecule has 6 heteroatoms. The molecule has 0 spiro atoms. The molecule has 2 amide bonds. The van der Waals surface area contributed by atoms with E-state index in [1.54, 1.807) is 0 Å². The zero-order chi connectivity index (χ0) is 20.7. The Morgan fingerprint density at radius 1 is 1.17 bits per heavy atom. The number of carbonyl (C=O) groups is 1. The van der Waals surface area contributed by atoms with E-state index >= 15 is 0 Å². The van der Waals surface area contributed by atoms with Gasteiger partial charge in [0.25, 0.3) is 0 Å². The SMILES string of the molecule is CCOc1ccccc1NC(=O)N1Cc2c(sc3c2CCCC3)-n2cccc2C1C. The lowest BCUT2D eigenvalue weighted by Gasteiger charge is -2.28. The lowest BCUT2D eigenvalue weighted by molar-refractivity contribution is 0.189. The number of aromatic nitrogens is 1. The van der Waals surface area contributed by atoms with Gasteiger partial charge >= 0.3 is 6.03 Å². The van der Waals surface area contributed by atoms with E-state index in [1.165, 1.54) is 33.8 Å². The van der Waals surface area contributed by atoms with Crippen molar-refractivity contribution < 1.29 is 9.53 Å². The summed E-state index contributed by atoms with van der Waals surface area (Å²) in [6.07, 6.45) is 6.91. The third kappa shape index (κ3) is 3.19. The van der Waals surface area contributed by atoms with Crippen molar-refractivity contribution in [1.29, 1.82) is 0 Å². The number of para-hydroxylation sites is 2. The molecule has 0 bridgehead atoms. The molecule has 5 nitrogen and oxygen atoms in total. The van der Waals surface area contributed by atoms with E-state index in [4.69, 9.17) is 4.74 Å². The van der Waals surface area contributed by atoms with E-state index in [1.807, 2.05) is 47.4 Å². The van der Waals surface area contributed by atoms with Crippen LogP contribution in [0.25, 0.3) is 5.00 Å². The Morgan fingerprint density at radius 3 is 2.87 bits per heavy atom. The van der Waals surface area contributed by atoms with Crippen molar-refractivity contribution in [2.75, 3.05) is 11.9 Å². The van der Waals surface area contributed by atoms with Gasteiger partial charge in [0, 0.05) is 22.3 Å². The standard InChI is InChI=1S/C24H27N3O2S/c1-3-29-21-12-6-5-10-19(21)25-24(28)27-15-18-17-9-4-7-13-22(17)30-23(18)26-14-8-11-20(26)16(27)2/h5-6,8,10-12,14,16H,3-4,7,9,13,15H2,1-2H3,(H,25,28). The van der Waals surface area contributed by atoms with Gasteiger partial charge in [0.2, 0.25) is 0 Å². The largest absolute Gasteiger partial charge is 0.492 e. The van der Waals surface area contributed by atoms with Gasteiger partial charge in [-0.25, -0.2) is 4.79 Å². The predicted molar refractivity (Wildman–Crippen MR) is 121 cm³/mol. The van der Waals surface area contributed by atoms with E-state index in [0.29, 0.717) is 24.6 Å². The van der Waals surface area contributed by atoms with Crippen LogP contribution in [0.15, 0.2) is 42.6 Å². The van der Waals surface area contributed by atoms with Crippen LogP contribution in [0.1, 0.15) is 54.4 Å². The van der Waals surface area contributed by atoms with E-state index in [-0.39, 0.29) is 12.1 Å². The molecule has 156 valence electrons. The number of benzene rings is 1. The van der Waals surface area contributed by atoms with Crippen LogP contribution < -0.4 is 10.1 Å². The van der Waals surface area contributed by atoms with Crippen molar-refractivity contribution in [2.45, 2.75) is 52.1 Å². The van der Waals surface area contributed by atoms with Crippen molar-refractivity contribution in [2.24, 2.45) is 0 Å². The van der Waals surface area contributed by atoms with Crippen LogP contribution in [0.3, 0.4) is 0 Å². The fourth-order valence-corrected chi connectivity index (χ4v) is 6.05. The van der Waals surface area contributed by atoms with Crippen molar-refractivity contribution in [3.05, 3.63) is 64.3 Å². The third-order valence-electron chi connectivity index (χ3n) is 6.17. The summed E-state index contributed by atoms with van der Waals surface area (Å²) in [5.41, 5.74) is 4.66. The highest BCUT2D eigenvalue weighted by Gasteiger charge is 2.33. The minimum Gasteiger partial charge on any atom is -0.492 e. The maximum Gasteiger partial charge on any atom is 0.322 e. The molecule has 0 fully saturated rings. The summed E-state index contributed by atoms with van der Waals surface area (Å²) in [5.74, 6) is 0.702. The summed E-state index contributed by atoms with van der Waals surface area (Å²) in [6.45, 7) is 5.26. The van der Waals surface area contributed by atoms with Gasteiger partial charge in [-0.1, -0.05) is 12.1 Å². The van der Waals surface area contributed by atoms with Gasteiger partial charge in [0.15, 0.2) is 0 Å². The van der Waals surface area contributed by atoms with Crippen LogP contribution in [-0.2, 0) is 19.4 Å². The van der Waals surface area contributed by atoms with Gasteiger partial charge in [-0.3, -0.25) is 0 Å². The van der Waals surface area contributed by atoms with E-state index in [9.17, 15) is 4.79 Å². The van der Waals surface area contributed by atoms with E-state index in [0.717, 1.165) is 18.5 Å². The number of ether oxygens (including phenoxy) is 1. The number of anilines is 1. The third-order valence-corrected chi connectivity index (χ3v) is 7.51. The monoisotopic (exact) mass is 421 g/mol. The van der Waals surface area contributed by atoms with Crippen LogP contribution in [0.2, 0.25) is 0 Å². The molecular formula is C24H27N3O2S. The van der Waals surface area contributed by atoms with Gasteiger partial charge in [0.05, 0.1) is 24.9 Å². The summed E-state index contributed by atoms with van der Waals surface area (Å²) in [7, 11) is 0. The zero-order valence-electron chi connectivity index (χ0n) is 17.5. The first kappa shape index (κ1) is 19.2. The second kappa shape index (κ2) is 7.84. The first-order chi connectivity index (χ1) is 14.7. The molecule has 3 aromatic rings. The molecule has 2 aliphatic rings. The smallest absolute Gasteiger partial charge is 0.322 e. The molecule has 0 saturated carbocycles. The lowest BCUT2D eigenvalue weighted by atomic mass is 9.95. The second-order valence-corrected chi connectivity index (χ2v) is 9.04. The second-order valence-electron chi connectivity index (χ2n) is 7.96. The number of amides is 2. The Morgan fingerprint density at radius 2 is 2.00 bits per heavy atom. The molecule has 0 radical (unpaired) electrons. The van der Waals surface area contributed by atoms with Crippen LogP contribution in [0.4, 0.5) is 10.5 Å². The number of hydrogen-bond donors (Lipinski definition) is 1. The first-order valence-electron chi connectivity index (χ1n) is 10.8. The van der Waals surface area contributed by atoms with Gasteiger partial charge in [0.1, 0.15) is 10.8 Å². The molecule has 0 saturated heterocycles. The first-order valence-corrected chi connectivity index (χ1v) is 11.6. The van der Waals surface area contributed by atoms with Crippen molar-refractivity contribution in [3.8, 4) is 10.8 Å². The maximum atomic E-state index is 13.5. The Bertz CT molecular complexity index is 1080. The summed E-state index contributed by atoms with van der Waals surface area (Å²) in [6, 6.07) is 11.7. The number of fused-ring (bicyclic) bond motifs is 5. The molecule has 2 aromatic heterocycles. The highest BCUT2D eigenvalue weighted by atomic mass is 32.1. The van der Waals surface area contributed by atoms with Gasteiger partial charge in [-0.15, -0.1) is 11.3 Å². The number of nitrogens with zero attached hydrogens (tertiary/aromatic N) is 2. The number of thiophene rings is 1. The summed E-state index contributed by atoms with van der Waals surface area (Å²) in [4.78, 5) is 16.9. The highest BCUT2D eigenvalue weighted by Crippen LogP contribution is 2.42. The van der Waals surface area contributed by atoms with Gasteiger partial charge in [-0.2, -0.15) is 0 Å². The average molecular weight is 422 g/mol. The van der Waals surface area contributed by atoms with Crippen molar-refractivity contribution in [3.63, 3.8) is 0 Å². The fraction of sp³-hybridized carbons (Fsp3) is 0.375. The average Bonchev–Trinajstić information content (AvgIpc) is 3.35. The molecule has 1 aliphatic heterocycles. The maximum absolute atomic E-state index is 13.5. The molecule has 1 aromatic carbocycles. The highest BCUT2D eigenvalue weighted by molar-refractivity contribution is 7.15. The molecule has 30 heavy (non-hydrogen) atoms. The summed E-state index contributed by atoms with van der Waals surface area (Å²) in [5, 5.41) is 4.40. The molecule has 5 rings (SSSR count). The minimum absolute atomic E-state index is 0.0295. The van der Waals surface area contributed by atoms with Crippen molar-refractivity contribution >= 4 is 23.1 Å². The van der Waals surface area contributed by atoms with Crippen LogP contribution >= 0.6 is 11.3 Å². The van der Waals surface area contributed by atoms with Gasteiger partial charge < -0.3 is 19.5 Å². The number of urea groups is 1. The van der Waals surface area contributed by atoms with E-state index < -0.39 is 0 Å². The topological polar surface area (TPSA) is 46.5 Å². The molecule has 1 aliphatic carbocycles. The Labute approximate surface area is 181 Å². The normalized spacial score (nSPS) is 17.5. The minimum atomic E-state index is -0.0917. The van der Waals surface area contributed by atoms with Crippen LogP contribution in [0, 0.1) is 0 Å². The molecule has 1 unspecified atom stereocenters. The zero-order valence-corrected chi connectivity index (χ0v) is 18.3. The molecule has 3 heterocycles. The Hall–Kier alpha value is -2.73. The fourth-order valence-electron chi connectivity index (χ4n) is 4.65. The number of carbonyl (C=O) groups excluding carboxylic acids is 1. The quantitative estimate of drug-likeness (QED) is 0.570. The van der Waals surface area contributed by atoms with Gasteiger partial charge in [-0.05, 0) is 69.4 Å². The Balaban J connectivity index is 1.52. The van der Waals surface area contributed by atoms with Crippen molar-refractivity contribution in [1.82, 2.24) is 9.47 Å². The number of rotatable bonds is 3. The number of nitrogens with one attached hydrogen (secondary N) is 1. The summed E-state index contributed by atoms with van der Waals surface area (Å²) < 4.78 is 8.00. The Kier molecular flexibility index (Phi) is 5.03. The number of aryl methyl sites for hydroxylation is 1. The summed E-state index contributed by atoms with van der Waals surface area (Å²) >= 11 is 1.91. The molecular weight excluding hydrogens is 394 g/mol. The van der Waals surface area contributed by atoms with Crippen LogP contribution in [0.5, 0.6) is 5.75 Å². The predicted octanol–water partition coefficient (Wildman–Crippen LogP) is 5.93. The number of hydrogen-bond acceptors (Lipinski definition) is 3. The van der Waals surface area contributed by atoms with Crippen LogP contribution in [-0.4, -0.2) is 22.1 Å². The molecule has 1 N–H and O–H groups in total.